The fourth-order valence-electron chi connectivity index (χ4n) is 2.93. The smallest absolute Gasteiger partial charge is 0.160 e. The number of ether oxygens (including phenoxy) is 2. The zero-order valence-electron chi connectivity index (χ0n) is 13.1. The number of benzene rings is 1. The van der Waals surface area contributed by atoms with Crippen LogP contribution in [0.2, 0.25) is 0 Å². The highest BCUT2D eigenvalue weighted by atomic mass is 16.5. The maximum atomic E-state index is 9.37. The molecule has 0 radical (unpaired) electrons. The Bertz CT molecular complexity index is 464. The number of aliphatic hydroxyl groups is 1. The first-order valence-corrected chi connectivity index (χ1v) is 7.43. The fraction of sp³-hybridized carbons (Fsp3) is 0.529. The molecule has 2 aliphatic rings. The van der Waals surface area contributed by atoms with Crippen molar-refractivity contribution < 1.29 is 14.6 Å². The Kier molecular flexibility index (Phi) is 5.51. The van der Waals surface area contributed by atoms with Crippen molar-refractivity contribution in [2.24, 2.45) is 5.92 Å². The van der Waals surface area contributed by atoms with Gasteiger partial charge in [-0.15, -0.1) is 0 Å². The molecule has 1 fully saturated rings. The Morgan fingerprint density at radius 1 is 1.05 bits per heavy atom. The molecule has 1 aromatic carbocycles. The van der Waals surface area contributed by atoms with E-state index in [1.54, 1.807) is 14.2 Å². The molecule has 2 atom stereocenters. The molecule has 4 nitrogen and oxygen atoms in total. The van der Waals surface area contributed by atoms with E-state index in [1.165, 1.54) is 25.1 Å². The molecule has 0 bridgehead atoms. The largest absolute Gasteiger partial charge is 0.493 e. The van der Waals surface area contributed by atoms with Crippen molar-refractivity contribution in [3.8, 4) is 11.5 Å². The van der Waals surface area contributed by atoms with Crippen LogP contribution in [0.15, 0.2) is 36.0 Å². The number of para-hydroxylation sites is 2. The van der Waals surface area contributed by atoms with Gasteiger partial charge in [-0.3, -0.25) is 0 Å². The topological polar surface area (TPSA) is 41.9 Å². The van der Waals surface area contributed by atoms with Crippen molar-refractivity contribution in [3.05, 3.63) is 36.0 Å². The fourth-order valence-corrected chi connectivity index (χ4v) is 2.93. The number of hydrogen-bond donors (Lipinski definition) is 1. The van der Waals surface area contributed by atoms with Crippen LogP contribution in [0, 0.1) is 5.92 Å². The molecule has 0 spiro atoms. The molecule has 0 saturated carbocycles. The summed E-state index contributed by atoms with van der Waals surface area (Å²) in [5.74, 6) is 2.29. The van der Waals surface area contributed by atoms with Crippen LogP contribution in [0.4, 0.5) is 0 Å². The van der Waals surface area contributed by atoms with Gasteiger partial charge in [0.15, 0.2) is 11.5 Å². The third-order valence-electron chi connectivity index (χ3n) is 4.14. The van der Waals surface area contributed by atoms with E-state index in [2.05, 4.69) is 11.9 Å². The number of rotatable bonds is 2. The van der Waals surface area contributed by atoms with E-state index in [0.717, 1.165) is 23.8 Å². The van der Waals surface area contributed by atoms with E-state index in [-0.39, 0.29) is 6.10 Å². The van der Waals surface area contributed by atoms with Gasteiger partial charge in [0.1, 0.15) is 0 Å². The molecule has 0 aromatic heterocycles. The van der Waals surface area contributed by atoms with Crippen LogP contribution in [0.25, 0.3) is 0 Å². The molecule has 2 unspecified atom stereocenters. The molecule has 3 rings (SSSR count). The van der Waals surface area contributed by atoms with Crippen LogP contribution >= 0.6 is 0 Å². The number of methoxy groups -OCH3 is 2. The maximum Gasteiger partial charge on any atom is 0.160 e. The summed E-state index contributed by atoms with van der Waals surface area (Å²) in [7, 11) is 5.36. The van der Waals surface area contributed by atoms with Crippen LogP contribution in [-0.2, 0) is 0 Å². The lowest BCUT2D eigenvalue weighted by molar-refractivity contribution is 0.189. The molecular weight excluding hydrogens is 266 g/mol. The molecule has 116 valence electrons. The molecule has 1 heterocycles. The highest BCUT2D eigenvalue weighted by Crippen LogP contribution is 2.34. The minimum Gasteiger partial charge on any atom is -0.493 e. The average Bonchev–Trinajstić information content (AvgIpc) is 2.88. The van der Waals surface area contributed by atoms with Crippen LogP contribution < -0.4 is 9.47 Å². The van der Waals surface area contributed by atoms with Crippen molar-refractivity contribution in [1.29, 1.82) is 0 Å². The molecule has 21 heavy (non-hydrogen) atoms. The van der Waals surface area contributed by atoms with Crippen molar-refractivity contribution in [2.45, 2.75) is 25.4 Å². The number of fused-ring (bicyclic) bond motifs is 1. The van der Waals surface area contributed by atoms with E-state index >= 15 is 0 Å². The standard InChI is InChI=1S/C9H15NO.C8H10O2/c1-10-5-4-7-2-3-8(11)6-9(7)10;1-9-7-5-3-4-6-8(7)10-2/h6-8,11H,2-5H2,1H3;3-6H,1-2H3. The summed E-state index contributed by atoms with van der Waals surface area (Å²) in [5, 5.41) is 9.37. The highest BCUT2D eigenvalue weighted by Gasteiger charge is 2.29. The van der Waals surface area contributed by atoms with Gasteiger partial charge in [-0.25, -0.2) is 0 Å². The molecule has 1 aliphatic heterocycles. The van der Waals surface area contributed by atoms with Crippen molar-refractivity contribution in [3.63, 3.8) is 0 Å². The van der Waals surface area contributed by atoms with Gasteiger partial charge < -0.3 is 19.5 Å². The second-order valence-electron chi connectivity index (χ2n) is 5.50. The molecule has 4 heteroatoms. The second-order valence-corrected chi connectivity index (χ2v) is 5.50. The Morgan fingerprint density at radius 2 is 1.67 bits per heavy atom. The predicted octanol–water partition coefficient (Wildman–Crippen LogP) is 2.68. The van der Waals surface area contributed by atoms with Gasteiger partial charge in [-0.05, 0) is 37.5 Å². The van der Waals surface area contributed by atoms with Gasteiger partial charge in [0.05, 0.1) is 20.3 Å². The monoisotopic (exact) mass is 291 g/mol. The van der Waals surface area contributed by atoms with E-state index in [0.29, 0.717) is 0 Å². The number of aliphatic hydroxyl groups excluding tert-OH is 1. The molecular formula is C17H25NO3. The molecule has 1 N–H and O–H groups in total. The predicted molar refractivity (Wildman–Crippen MR) is 83.6 cm³/mol. The summed E-state index contributed by atoms with van der Waals surface area (Å²) < 4.78 is 10.0. The number of nitrogens with zero attached hydrogens (tertiary/aromatic N) is 1. The van der Waals surface area contributed by atoms with Crippen LogP contribution in [0.5, 0.6) is 11.5 Å². The van der Waals surface area contributed by atoms with Crippen LogP contribution in [0.3, 0.4) is 0 Å². The first-order valence-electron chi connectivity index (χ1n) is 7.43. The highest BCUT2D eigenvalue weighted by molar-refractivity contribution is 5.39. The van der Waals surface area contributed by atoms with Gasteiger partial charge >= 0.3 is 0 Å². The lowest BCUT2D eigenvalue weighted by Gasteiger charge is -2.24. The van der Waals surface area contributed by atoms with Crippen molar-refractivity contribution >= 4 is 0 Å². The minimum atomic E-state index is -0.179. The Balaban J connectivity index is 0.000000155. The van der Waals surface area contributed by atoms with E-state index < -0.39 is 0 Å². The third-order valence-corrected chi connectivity index (χ3v) is 4.14. The van der Waals surface area contributed by atoms with Crippen molar-refractivity contribution in [2.75, 3.05) is 27.8 Å². The lowest BCUT2D eigenvalue weighted by Crippen LogP contribution is -2.20. The molecule has 1 aromatic rings. The first kappa shape index (κ1) is 15.7. The van der Waals surface area contributed by atoms with Gasteiger partial charge in [-0.1, -0.05) is 12.1 Å². The van der Waals surface area contributed by atoms with Crippen molar-refractivity contribution in [1.82, 2.24) is 4.90 Å². The van der Waals surface area contributed by atoms with Crippen LogP contribution in [0.1, 0.15) is 19.3 Å². The van der Waals surface area contributed by atoms with Gasteiger partial charge in [0.2, 0.25) is 0 Å². The Labute approximate surface area is 127 Å². The lowest BCUT2D eigenvalue weighted by atomic mass is 9.91. The number of hydrogen-bond acceptors (Lipinski definition) is 4. The molecule has 0 amide bonds. The normalized spacial score (nSPS) is 23.6. The minimum absolute atomic E-state index is 0.179. The SMILES string of the molecule is CN1CCC2CCC(O)C=C21.COc1ccccc1OC. The molecule has 1 saturated heterocycles. The average molecular weight is 291 g/mol. The zero-order valence-corrected chi connectivity index (χ0v) is 13.1. The summed E-state index contributed by atoms with van der Waals surface area (Å²) in [6.07, 6.45) is 5.28. The summed E-state index contributed by atoms with van der Waals surface area (Å²) in [6, 6.07) is 7.53. The summed E-state index contributed by atoms with van der Waals surface area (Å²) in [5.41, 5.74) is 1.38. The van der Waals surface area contributed by atoms with E-state index in [4.69, 9.17) is 9.47 Å². The quantitative estimate of drug-likeness (QED) is 0.909. The third kappa shape index (κ3) is 3.91. The maximum absolute atomic E-state index is 9.37. The zero-order chi connectivity index (χ0) is 15.2. The van der Waals surface area contributed by atoms with E-state index in [1.807, 2.05) is 30.3 Å². The van der Waals surface area contributed by atoms with Gasteiger partial charge in [0.25, 0.3) is 0 Å². The summed E-state index contributed by atoms with van der Waals surface area (Å²) >= 11 is 0. The van der Waals surface area contributed by atoms with E-state index in [9.17, 15) is 5.11 Å². The molecule has 1 aliphatic carbocycles. The summed E-state index contributed by atoms with van der Waals surface area (Å²) in [4.78, 5) is 2.27. The number of allylic oxidation sites excluding steroid dienone is 1. The second kappa shape index (κ2) is 7.36. The Morgan fingerprint density at radius 3 is 2.24 bits per heavy atom. The Hall–Kier alpha value is -1.68. The summed E-state index contributed by atoms with van der Waals surface area (Å²) in [6.45, 7) is 1.17. The first-order chi connectivity index (χ1) is 10.2. The van der Waals surface area contributed by atoms with Gasteiger partial charge in [-0.2, -0.15) is 0 Å². The van der Waals surface area contributed by atoms with Crippen LogP contribution in [-0.4, -0.2) is 43.9 Å². The number of likely N-dealkylation sites (tertiary alicyclic amines) is 1. The van der Waals surface area contributed by atoms with Gasteiger partial charge in [0, 0.05) is 25.2 Å².